The molecule has 0 amide bonds. The average Bonchev–Trinajstić information content (AvgIpc) is 2.41. The van der Waals surface area contributed by atoms with Gasteiger partial charge < -0.3 is 4.90 Å². The normalized spacial score (nSPS) is 18.3. The van der Waals surface area contributed by atoms with Crippen LogP contribution < -0.4 is 4.90 Å². The summed E-state index contributed by atoms with van der Waals surface area (Å²) in [6.07, 6.45) is 1.03. The molecule has 0 radical (unpaired) electrons. The van der Waals surface area contributed by atoms with Gasteiger partial charge in [0.2, 0.25) is 0 Å². The Labute approximate surface area is 123 Å². The highest BCUT2D eigenvalue weighted by Gasteiger charge is 2.26. The molecule has 0 saturated carbocycles. The first-order valence-electron chi connectivity index (χ1n) is 6.47. The number of rotatable bonds is 1. The summed E-state index contributed by atoms with van der Waals surface area (Å²) in [4.78, 5) is 2.30. The molecule has 0 spiro atoms. The van der Waals surface area contributed by atoms with Crippen molar-refractivity contribution in [2.24, 2.45) is 0 Å². The Bertz CT molecular complexity index is 589. The fourth-order valence-electron chi connectivity index (χ4n) is 2.84. The zero-order valence-electron chi connectivity index (χ0n) is 10.7. The Morgan fingerprint density at radius 3 is 2.42 bits per heavy atom. The first kappa shape index (κ1) is 12.8. The molecule has 98 valence electrons. The zero-order valence-corrected chi connectivity index (χ0v) is 12.2. The predicted octanol–water partition coefficient (Wildman–Crippen LogP) is 5.12. The van der Waals surface area contributed by atoms with Crippen LogP contribution in [-0.2, 0) is 6.42 Å². The molecule has 3 rings (SSSR count). The lowest BCUT2D eigenvalue weighted by atomic mass is 9.93. The molecule has 0 aromatic heterocycles. The molecule has 1 nitrogen and oxygen atoms in total. The van der Waals surface area contributed by atoms with Gasteiger partial charge in [-0.25, -0.2) is 0 Å². The summed E-state index contributed by atoms with van der Waals surface area (Å²) in [5.41, 5.74) is 3.74. The number of hydrogen-bond donors (Lipinski definition) is 0. The largest absolute Gasteiger partial charge is 0.362 e. The molecule has 0 bridgehead atoms. The Hall–Kier alpha value is -1.18. The molecule has 2 aromatic carbocycles. The third kappa shape index (κ3) is 2.22. The molecular weight excluding hydrogens is 277 g/mol. The van der Waals surface area contributed by atoms with Gasteiger partial charge in [-0.3, -0.25) is 0 Å². The van der Waals surface area contributed by atoms with Crippen molar-refractivity contribution in [2.75, 3.05) is 11.4 Å². The van der Waals surface area contributed by atoms with E-state index in [1.165, 1.54) is 11.1 Å². The lowest BCUT2D eigenvalue weighted by Crippen LogP contribution is -2.34. The predicted molar refractivity (Wildman–Crippen MR) is 82.4 cm³/mol. The Balaban J connectivity index is 2.05. The average molecular weight is 292 g/mol. The standard InChI is InChI=1S/C16H15Cl2N/c1-11-13-6-3-2-5-12(13)9-10-19(11)16-14(17)7-4-8-15(16)18/h2-8,11H,9-10H2,1H3/t11-/m1/s1. The van der Waals surface area contributed by atoms with Crippen LogP contribution in [0.15, 0.2) is 42.5 Å². The van der Waals surface area contributed by atoms with Crippen LogP contribution in [0.1, 0.15) is 24.1 Å². The second-order valence-corrected chi connectivity index (χ2v) is 5.70. The maximum atomic E-state index is 6.33. The summed E-state index contributed by atoms with van der Waals surface area (Å²) in [6, 6.07) is 14.6. The first-order chi connectivity index (χ1) is 9.18. The van der Waals surface area contributed by atoms with Gasteiger partial charge in [0.25, 0.3) is 0 Å². The number of benzene rings is 2. The summed E-state index contributed by atoms with van der Waals surface area (Å²) >= 11 is 12.7. The van der Waals surface area contributed by atoms with E-state index in [0.29, 0.717) is 6.04 Å². The molecule has 0 N–H and O–H groups in total. The van der Waals surface area contributed by atoms with Gasteiger partial charge in [0.1, 0.15) is 0 Å². The van der Waals surface area contributed by atoms with Crippen LogP contribution in [0.25, 0.3) is 0 Å². The fourth-order valence-corrected chi connectivity index (χ4v) is 3.46. The van der Waals surface area contributed by atoms with Gasteiger partial charge >= 0.3 is 0 Å². The molecule has 0 aliphatic carbocycles. The van der Waals surface area contributed by atoms with E-state index in [0.717, 1.165) is 28.7 Å². The maximum Gasteiger partial charge on any atom is 0.0750 e. The van der Waals surface area contributed by atoms with Gasteiger partial charge in [0.15, 0.2) is 0 Å². The van der Waals surface area contributed by atoms with E-state index in [9.17, 15) is 0 Å². The Kier molecular flexibility index (Phi) is 3.42. The Morgan fingerprint density at radius 1 is 1.00 bits per heavy atom. The second-order valence-electron chi connectivity index (χ2n) is 4.89. The number of anilines is 1. The highest BCUT2D eigenvalue weighted by atomic mass is 35.5. The molecule has 19 heavy (non-hydrogen) atoms. The van der Waals surface area contributed by atoms with Crippen LogP contribution in [-0.4, -0.2) is 6.54 Å². The van der Waals surface area contributed by atoms with Gasteiger partial charge in [0, 0.05) is 6.54 Å². The van der Waals surface area contributed by atoms with Crippen molar-refractivity contribution in [2.45, 2.75) is 19.4 Å². The van der Waals surface area contributed by atoms with Crippen LogP contribution in [0.4, 0.5) is 5.69 Å². The van der Waals surface area contributed by atoms with Crippen molar-refractivity contribution >= 4 is 28.9 Å². The van der Waals surface area contributed by atoms with E-state index in [2.05, 4.69) is 36.1 Å². The molecule has 3 heteroatoms. The quantitative estimate of drug-likeness (QED) is 0.705. The fraction of sp³-hybridized carbons (Fsp3) is 0.250. The molecule has 1 heterocycles. The number of halogens is 2. The number of para-hydroxylation sites is 1. The van der Waals surface area contributed by atoms with Crippen molar-refractivity contribution in [3.8, 4) is 0 Å². The van der Waals surface area contributed by atoms with Gasteiger partial charge in [0.05, 0.1) is 21.8 Å². The zero-order chi connectivity index (χ0) is 13.4. The summed E-state index contributed by atoms with van der Waals surface area (Å²) in [5, 5.41) is 1.44. The number of hydrogen-bond acceptors (Lipinski definition) is 1. The highest BCUT2D eigenvalue weighted by molar-refractivity contribution is 6.39. The van der Waals surface area contributed by atoms with E-state index in [1.807, 2.05) is 18.2 Å². The van der Waals surface area contributed by atoms with Crippen molar-refractivity contribution < 1.29 is 0 Å². The third-order valence-electron chi connectivity index (χ3n) is 3.82. The summed E-state index contributed by atoms with van der Waals surface area (Å²) in [5.74, 6) is 0. The SMILES string of the molecule is C[C@@H]1c2ccccc2CCN1c1c(Cl)cccc1Cl. The minimum atomic E-state index is 0.294. The monoisotopic (exact) mass is 291 g/mol. The lowest BCUT2D eigenvalue weighted by Gasteiger charge is -2.38. The van der Waals surface area contributed by atoms with E-state index >= 15 is 0 Å². The molecule has 0 fully saturated rings. The highest BCUT2D eigenvalue weighted by Crippen LogP contribution is 2.40. The van der Waals surface area contributed by atoms with Gasteiger partial charge in [-0.15, -0.1) is 0 Å². The summed E-state index contributed by atoms with van der Waals surface area (Å²) < 4.78 is 0. The van der Waals surface area contributed by atoms with E-state index in [1.54, 1.807) is 0 Å². The Morgan fingerprint density at radius 2 is 1.68 bits per heavy atom. The van der Waals surface area contributed by atoms with Crippen molar-refractivity contribution in [3.05, 3.63) is 63.6 Å². The van der Waals surface area contributed by atoms with Crippen LogP contribution >= 0.6 is 23.2 Å². The molecule has 0 unspecified atom stereocenters. The van der Waals surface area contributed by atoms with Crippen molar-refractivity contribution in [1.29, 1.82) is 0 Å². The molecule has 1 aliphatic rings. The molecule has 1 atom stereocenters. The summed E-state index contributed by atoms with van der Waals surface area (Å²) in [7, 11) is 0. The van der Waals surface area contributed by atoms with Crippen LogP contribution in [0.3, 0.4) is 0 Å². The maximum absolute atomic E-state index is 6.33. The van der Waals surface area contributed by atoms with Crippen LogP contribution in [0, 0.1) is 0 Å². The smallest absolute Gasteiger partial charge is 0.0750 e. The van der Waals surface area contributed by atoms with Crippen LogP contribution in [0.5, 0.6) is 0 Å². The molecule has 1 aliphatic heterocycles. The van der Waals surface area contributed by atoms with Crippen LogP contribution in [0.2, 0.25) is 10.0 Å². The second kappa shape index (κ2) is 5.07. The molecule has 2 aromatic rings. The first-order valence-corrected chi connectivity index (χ1v) is 7.22. The minimum Gasteiger partial charge on any atom is -0.362 e. The number of nitrogens with zero attached hydrogens (tertiary/aromatic N) is 1. The topological polar surface area (TPSA) is 3.24 Å². The summed E-state index contributed by atoms with van der Waals surface area (Å²) in [6.45, 7) is 3.15. The number of fused-ring (bicyclic) bond motifs is 1. The van der Waals surface area contributed by atoms with E-state index in [-0.39, 0.29) is 0 Å². The van der Waals surface area contributed by atoms with Gasteiger partial charge in [-0.05, 0) is 36.6 Å². The van der Waals surface area contributed by atoms with Crippen molar-refractivity contribution in [3.63, 3.8) is 0 Å². The van der Waals surface area contributed by atoms with E-state index < -0.39 is 0 Å². The van der Waals surface area contributed by atoms with Gasteiger partial charge in [-0.2, -0.15) is 0 Å². The third-order valence-corrected chi connectivity index (χ3v) is 4.43. The van der Waals surface area contributed by atoms with Crippen molar-refractivity contribution in [1.82, 2.24) is 0 Å². The lowest BCUT2D eigenvalue weighted by molar-refractivity contribution is 0.625. The minimum absolute atomic E-state index is 0.294. The van der Waals surface area contributed by atoms with Gasteiger partial charge in [-0.1, -0.05) is 53.5 Å². The van der Waals surface area contributed by atoms with E-state index in [4.69, 9.17) is 23.2 Å². The molecular formula is C16H15Cl2N. The molecule has 0 saturated heterocycles.